The van der Waals surface area contributed by atoms with E-state index in [1.807, 2.05) is 6.92 Å². The maximum Gasteiger partial charge on any atom is 0.148 e. The number of aromatic nitrogens is 3. The third-order valence-electron chi connectivity index (χ3n) is 2.34. The van der Waals surface area contributed by atoms with Gasteiger partial charge in [0.15, 0.2) is 0 Å². The first-order valence-corrected chi connectivity index (χ1v) is 5.07. The van der Waals surface area contributed by atoms with Crippen molar-refractivity contribution in [2.24, 2.45) is 0 Å². The minimum atomic E-state index is -0.652. The van der Waals surface area contributed by atoms with Crippen LogP contribution in [0.25, 0.3) is 5.69 Å². The molecule has 1 N–H and O–H groups in total. The summed E-state index contributed by atoms with van der Waals surface area (Å²) in [5.41, 5.74) is 0.773. The molecule has 0 spiro atoms. The number of aliphatic hydroxyl groups excluding tert-OH is 1. The quantitative estimate of drug-likeness (QED) is 0.860. The molecule has 0 amide bonds. The first kappa shape index (κ1) is 10.8. The van der Waals surface area contributed by atoms with Crippen molar-refractivity contribution in [1.82, 2.24) is 15.0 Å². The fourth-order valence-corrected chi connectivity index (χ4v) is 1.39. The molecule has 0 bridgehead atoms. The predicted octanol–water partition coefficient (Wildman–Crippen LogP) is 1.85. The van der Waals surface area contributed by atoms with E-state index in [1.165, 1.54) is 16.9 Å². The van der Waals surface area contributed by atoms with Gasteiger partial charge in [-0.2, -0.15) is 0 Å². The molecule has 2 rings (SSSR count). The highest BCUT2D eigenvalue weighted by atomic mass is 19.1. The Kier molecular flexibility index (Phi) is 2.96. The number of rotatable bonds is 3. The Morgan fingerprint density at radius 3 is 2.88 bits per heavy atom. The van der Waals surface area contributed by atoms with Crippen LogP contribution in [0.1, 0.15) is 25.1 Å². The van der Waals surface area contributed by atoms with E-state index < -0.39 is 6.10 Å². The van der Waals surface area contributed by atoms with E-state index in [2.05, 4.69) is 10.3 Å². The van der Waals surface area contributed by atoms with E-state index in [-0.39, 0.29) is 5.82 Å². The Morgan fingerprint density at radius 1 is 1.44 bits per heavy atom. The SMILES string of the molecule is CCC(O)c1cn(-c2ccccc2F)nn1. The molecule has 2 aromatic rings. The topological polar surface area (TPSA) is 50.9 Å². The summed E-state index contributed by atoms with van der Waals surface area (Å²) in [6, 6.07) is 6.28. The molecule has 1 aromatic heterocycles. The second kappa shape index (κ2) is 4.40. The fraction of sp³-hybridized carbons (Fsp3) is 0.273. The van der Waals surface area contributed by atoms with Crippen molar-refractivity contribution in [3.8, 4) is 5.69 Å². The van der Waals surface area contributed by atoms with Crippen molar-refractivity contribution >= 4 is 0 Å². The van der Waals surface area contributed by atoms with Crippen molar-refractivity contribution in [2.75, 3.05) is 0 Å². The van der Waals surface area contributed by atoms with Gasteiger partial charge < -0.3 is 5.11 Å². The molecule has 5 heteroatoms. The van der Waals surface area contributed by atoms with Crippen LogP contribution in [0.5, 0.6) is 0 Å². The molecule has 0 aliphatic carbocycles. The van der Waals surface area contributed by atoms with Gasteiger partial charge in [0, 0.05) is 0 Å². The Labute approximate surface area is 92.3 Å². The standard InChI is InChI=1S/C11H12FN3O/c1-2-11(16)9-7-15(14-13-9)10-6-4-3-5-8(10)12/h3-7,11,16H,2H2,1H3. The average Bonchev–Trinajstić information content (AvgIpc) is 2.78. The number of hydrogen-bond donors (Lipinski definition) is 1. The van der Waals surface area contributed by atoms with E-state index in [0.29, 0.717) is 17.8 Å². The largest absolute Gasteiger partial charge is 0.387 e. The lowest BCUT2D eigenvalue weighted by molar-refractivity contribution is 0.169. The summed E-state index contributed by atoms with van der Waals surface area (Å²) in [5.74, 6) is -0.370. The zero-order valence-electron chi connectivity index (χ0n) is 8.84. The molecule has 1 aromatic carbocycles. The van der Waals surface area contributed by atoms with Gasteiger partial charge in [-0.05, 0) is 18.6 Å². The van der Waals surface area contributed by atoms with Crippen LogP contribution >= 0.6 is 0 Å². The molecule has 1 unspecified atom stereocenters. The van der Waals surface area contributed by atoms with E-state index >= 15 is 0 Å². The van der Waals surface area contributed by atoms with Crippen molar-refractivity contribution in [2.45, 2.75) is 19.4 Å². The van der Waals surface area contributed by atoms with Crippen LogP contribution in [0.4, 0.5) is 4.39 Å². The van der Waals surface area contributed by atoms with E-state index in [9.17, 15) is 9.50 Å². The summed E-state index contributed by atoms with van der Waals surface area (Å²) in [7, 11) is 0. The average molecular weight is 221 g/mol. The monoisotopic (exact) mass is 221 g/mol. The molecule has 0 saturated carbocycles. The Hall–Kier alpha value is -1.75. The predicted molar refractivity (Wildman–Crippen MR) is 56.6 cm³/mol. The number of para-hydroxylation sites is 1. The Morgan fingerprint density at radius 2 is 2.19 bits per heavy atom. The van der Waals surface area contributed by atoms with Gasteiger partial charge in [-0.3, -0.25) is 0 Å². The van der Waals surface area contributed by atoms with Crippen LogP contribution in [0.15, 0.2) is 30.5 Å². The minimum Gasteiger partial charge on any atom is -0.387 e. The molecule has 1 atom stereocenters. The van der Waals surface area contributed by atoms with E-state index in [4.69, 9.17) is 0 Å². The summed E-state index contributed by atoms with van der Waals surface area (Å²) in [4.78, 5) is 0. The lowest BCUT2D eigenvalue weighted by Gasteiger charge is -2.02. The first-order valence-electron chi connectivity index (χ1n) is 5.07. The van der Waals surface area contributed by atoms with Gasteiger partial charge in [0.05, 0.1) is 12.3 Å². The summed E-state index contributed by atoms with van der Waals surface area (Å²) < 4.78 is 14.7. The highest BCUT2D eigenvalue weighted by Gasteiger charge is 2.11. The lowest BCUT2D eigenvalue weighted by atomic mass is 10.2. The number of hydrogen-bond acceptors (Lipinski definition) is 3. The number of halogens is 1. The third-order valence-corrected chi connectivity index (χ3v) is 2.34. The number of benzene rings is 1. The van der Waals surface area contributed by atoms with Crippen LogP contribution in [-0.2, 0) is 0 Å². The van der Waals surface area contributed by atoms with Gasteiger partial charge in [0.2, 0.25) is 0 Å². The van der Waals surface area contributed by atoms with Crippen LogP contribution in [0, 0.1) is 5.82 Å². The van der Waals surface area contributed by atoms with Crippen molar-refractivity contribution < 1.29 is 9.50 Å². The minimum absolute atomic E-state index is 0.324. The van der Waals surface area contributed by atoms with Crippen LogP contribution < -0.4 is 0 Å². The third kappa shape index (κ3) is 1.94. The van der Waals surface area contributed by atoms with Crippen LogP contribution in [0.3, 0.4) is 0 Å². The molecule has 0 aliphatic rings. The number of nitrogens with zero attached hydrogens (tertiary/aromatic N) is 3. The molecular formula is C11H12FN3O. The molecular weight excluding hydrogens is 209 g/mol. The van der Waals surface area contributed by atoms with Gasteiger partial charge in [-0.1, -0.05) is 24.3 Å². The van der Waals surface area contributed by atoms with Crippen molar-refractivity contribution in [3.63, 3.8) is 0 Å². The summed E-state index contributed by atoms with van der Waals surface area (Å²) in [6.45, 7) is 1.84. The van der Waals surface area contributed by atoms with E-state index in [0.717, 1.165) is 0 Å². The highest BCUT2D eigenvalue weighted by Crippen LogP contribution is 2.16. The molecule has 0 aliphatic heterocycles. The molecule has 4 nitrogen and oxygen atoms in total. The zero-order chi connectivity index (χ0) is 11.5. The van der Waals surface area contributed by atoms with Gasteiger partial charge >= 0.3 is 0 Å². The van der Waals surface area contributed by atoms with Crippen molar-refractivity contribution in [1.29, 1.82) is 0 Å². The second-order valence-electron chi connectivity index (χ2n) is 3.46. The van der Waals surface area contributed by atoms with Crippen LogP contribution in [-0.4, -0.2) is 20.1 Å². The molecule has 0 fully saturated rings. The summed E-state index contributed by atoms with van der Waals surface area (Å²) in [5, 5.41) is 17.1. The Balaban J connectivity index is 2.35. The molecule has 0 radical (unpaired) electrons. The number of aliphatic hydroxyl groups is 1. The lowest BCUT2D eigenvalue weighted by Crippen LogP contribution is -1.98. The molecule has 1 heterocycles. The van der Waals surface area contributed by atoms with E-state index in [1.54, 1.807) is 18.2 Å². The first-order chi connectivity index (χ1) is 7.72. The maximum absolute atomic E-state index is 13.4. The summed E-state index contributed by atoms with van der Waals surface area (Å²) in [6.07, 6.45) is 1.43. The van der Waals surface area contributed by atoms with Gasteiger partial charge in [0.25, 0.3) is 0 Å². The maximum atomic E-state index is 13.4. The van der Waals surface area contributed by atoms with Crippen LogP contribution in [0.2, 0.25) is 0 Å². The van der Waals surface area contributed by atoms with Gasteiger partial charge in [-0.15, -0.1) is 5.10 Å². The normalized spacial score (nSPS) is 12.7. The zero-order valence-corrected chi connectivity index (χ0v) is 8.84. The highest BCUT2D eigenvalue weighted by molar-refractivity contribution is 5.32. The smallest absolute Gasteiger partial charge is 0.148 e. The fourth-order valence-electron chi connectivity index (χ4n) is 1.39. The summed E-state index contributed by atoms with van der Waals surface area (Å²) >= 11 is 0. The van der Waals surface area contributed by atoms with Gasteiger partial charge in [0.1, 0.15) is 17.2 Å². The molecule has 84 valence electrons. The molecule has 16 heavy (non-hydrogen) atoms. The second-order valence-corrected chi connectivity index (χ2v) is 3.46. The Bertz CT molecular complexity index is 484. The molecule has 0 saturated heterocycles. The van der Waals surface area contributed by atoms with Crippen molar-refractivity contribution in [3.05, 3.63) is 42.0 Å². The van der Waals surface area contributed by atoms with Gasteiger partial charge in [-0.25, -0.2) is 9.07 Å².